The van der Waals surface area contributed by atoms with Crippen molar-refractivity contribution in [3.8, 4) is 67.8 Å². The summed E-state index contributed by atoms with van der Waals surface area (Å²) >= 11 is 0. The highest BCUT2D eigenvalue weighted by molar-refractivity contribution is 6.28. The number of aromatic nitrogens is 5. The third kappa shape index (κ3) is 5.98. The van der Waals surface area contributed by atoms with Crippen molar-refractivity contribution in [2.75, 3.05) is 0 Å². The van der Waals surface area contributed by atoms with Crippen LogP contribution in [0.3, 0.4) is 0 Å². The number of benzene rings is 9. The van der Waals surface area contributed by atoms with Gasteiger partial charge in [0, 0.05) is 49.6 Å². The van der Waals surface area contributed by atoms with Gasteiger partial charge in [-0.25, -0.2) is 15.0 Å². The summed E-state index contributed by atoms with van der Waals surface area (Å²) in [6, 6.07) is 79.2. The van der Waals surface area contributed by atoms with Crippen molar-refractivity contribution < 1.29 is 0 Å². The Labute approximate surface area is 358 Å². The van der Waals surface area contributed by atoms with E-state index in [9.17, 15) is 0 Å². The Kier molecular flexibility index (Phi) is 8.42. The molecule has 0 fully saturated rings. The Morgan fingerprint density at radius 2 is 0.597 bits per heavy atom. The van der Waals surface area contributed by atoms with Crippen LogP contribution in [0.4, 0.5) is 0 Å². The average Bonchev–Trinajstić information content (AvgIpc) is 3.88. The second-order valence-electron chi connectivity index (χ2n) is 15.6. The summed E-state index contributed by atoms with van der Waals surface area (Å²) in [6.45, 7) is 0. The Morgan fingerprint density at radius 3 is 1.11 bits per heavy atom. The Morgan fingerprint density at radius 1 is 0.242 bits per heavy atom. The van der Waals surface area contributed by atoms with Crippen LogP contribution in [0, 0.1) is 0 Å². The number of para-hydroxylation sites is 3. The average molecular weight is 792 g/mol. The molecule has 290 valence electrons. The first kappa shape index (κ1) is 35.5. The van der Waals surface area contributed by atoms with Crippen LogP contribution in [0.25, 0.3) is 111 Å². The summed E-state index contributed by atoms with van der Waals surface area (Å²) in [5.74, 6) is 1.89. The van der Waals surface area contributed by atoms with E-state index in [2.05, 4.69) is 197 Å². The van der Waals surface area contributed by atoms with Crippen molar-refractivity contribution in [3.63, 3.8) is 0 Å². The summed E-state index contributed by atoms with van der Waals surface area (Å²) in [5, 5.41) is 4.96. The van der Waals surface area contributed by atoms with Crippen molar-refractivity contribution in [2.45, 2.75) is 0 Å². The van der Waals surface area contributed by atoms with Crippen molar-refractivity contribution in [3.05, 3.63) is 224 Å². The van der Waals surface area contributed by atoms with Crippen molar-refractivity contribution in [2.24, 2.45) is 0 Å². The van der Waals surface area contributed by atoms with Gasteiger partial charge in [0.2, 0.25) is 0 Å². The van der Waals surface area contributed by atoms with E-state index in [1.807, 2.05) is 36.4 Å². The normalized spacial score (nSPS) is 11.5. The van der Waals surface area contributed by atoms with Crippen LogP contribution in [-0.4, -0.2) is 24.1 Å². The van der Waals surface area contributed by atoms with Gasteiger partial charge in [-0.2, -0.15) is 0 Å². The lowest BCUT2D eigenvalue weighted by molar-refractivity contribution is 1.07. The molecule has 0 unspecified atom stereocenters. The van der Waals surface area contributed by atoms with Gasteiger partial charge >= 0.3 is 0 Å². The van der Waals surface area contributed by atoms with Gasteiger partial charge in [0.05, 0.1) is 22.1 Å². The number of nitrogens with zero attached hydrogens (tertiary/aromatic N) is 5. The van der Waals surface area contributed by atoms with Crippen molar-refractivity contribution in [1.29, 1.82) is 0 Å². The molecule has 12 aromatic rings. The fourth-order valence-corrected chi connectivity index (χ4v) is 9.08. The molecule has 5 heteroatoms. The molecule has 0 amide bonds. The van der Waals surface area contributed by atoms with E-state index in [1.165, 1.54) is 43.7 Å². The molecule has 0 aliphatic rings. The minimum Gasteiger partial charge on any atom is -0.309 e. The van der Waals surface area contributed by atoms with E-state index in [0.29, 0.717) is 17.5 Å². The van der Waals surface area contributed by atoms with E-state index in [-0.39, 0.29) is 0 Å². The summed E-state index contributed by atoms with van der Waals surface area (Å²) < 4.78 is 4.77. The summed E-state index contributed by atoms with van der Waals surface area (Å²) in [5.41, 5.74) is 14.4. The number of fused-ring (bicyclic) bond motifs is 7. The number of rotatable bonds is 7. The van der Waals surface area contributed by atoms with Crippen molar-refractivity contribution >= 4 is 43.6 Å². The summed E-state index contributed by atoms with van der Waals surface area (Å²) in [4.78, 5) is 15.2. The van der Waals surface area contributed by atoms with Gasteiger partial charge in [-0.05, 0) is 89.0 Å². The van der Waals surface area contributed by atoms with E-state index >= 15 is 0 Å². The fourth-order valence-electron chi connectivity index (χ4n) is 9.08. The van der Waals surface area contributed by atoms with Crippen LogP contribution in [0.5, 0.6) is 0 Å². The molecule has 0 bridgehead atoms. The van der Waals surface area contributed by atoms with Crippen LogP contribution < -0.4 is 0 Å². The maximum absolute atomic E-state index is 5.11. The SMILES string of the molecule is c1ccc(-c2cccc(-c3ccc(-c4nc(-c5ccccc5)nc(-c5ccc(-n6c7ccccc7c7c8c9ccccc9n(-c9ccccc9)c8ccc76)cc5)n4)cc3)c2)cc1. The first-order valence-electron chi connectivity index (χ1n) is 20.9. The summed E-state index contributed by atoms with van der Waals surface area (Å²) in [7, 11) is 0. The van der Waals surface area contributed by atoms with Crippen LogP contribution >= 0.6 is 0 Å². The van der Waals surface area contributed by atoms with Crippen LogP contribution in [0.1, 0.15) is 0 Å². The fraction of sp³-hybridized carbons (Fsp3) is 0. The predicted molar refractivity (Wildman–Crippen MR) is 256 cm³/mol. The molecule has 3 heterocycles. The zero-order valence-corrected chi connectivity index (χ0v) is 33.6. The molecule has 0 saturated carbocycles. The molecule has 9 aromatic carbocycles. The van der Waals surface area contributed by atoms with E-state index < -0.39 is 0 Å². The maximum Gasteiger partial charge on any atom is 0.164 e. The molecule has 0 spiro atoms. The molecule has 12 rings (SSSR count). The van der Waals surface area contributed by atoms with Crippen LogP contribution in [0.2, 0.25) is 0 Å². The molecule has 62 heavy (non-hydrogen) atoms. The van der Waals surface area contributed by atoms with Crippen LogP contribution in [-0.2, 0) is 0 Å². The predicted octanol–water partition coefficient (Wildman–Crippen LogP) is 14.4. The van der Waals surface area contributed by atoms with Gasteiger partial charge in [-0.1, -0.05) is 158 Å². The van der Waals surface area contributed by atoms with Crippen LogP contribution in [0.15, 0.2) is 224 Å². The van der Waals surface area contributed by atoms with E-state index in [0.717, 1.165) is 50.2 Å². The second-order valence-corrected chi connectivity index (χ2v) is 15.6. The van der Waals surface area contributed by atoms with Gasteiger partial charge in [-0.15, -0.1) is 0 Å². The summed E-state index contributed by atoms with van der Waals surface area (Å²) in [6.07, 6.45) is 0. The number of hydrogen-bond donors (Lipinski definition) is 0. The first-order valence-corrected chi connectivity index (χ1v) is 20.9. The maximum atomic E-state index is 5.11. The highest BCUT2D eigenvalue weighted by atomic mass is 15.0. The monoisotopic (exact) mass is 791 g/mol. The molecule has 0 radical (unpaired) electrons. The molecule has 0 aliphatic heterocycles. The highest BCUT2D eigenvalue weighted by Gasteiger charge is 2.21. The van der Waals surface area contributed by atoms with Gasteiger partial charge in [-0.3, -0.25) is 0 Å². The standard InChI is InChI=1S/C57H37N5/c1-4-15-38(16-5-1)43-19-14-20-44(37-43)39-27-29-41(30-28-39)56-58-55(40-17-6-2-7-18-40)59-57(60-56)42-31-33-46(34-32-42)62-50-26-13-11-24-48(50)54-52(62)36-35-51-53(54)47-23-10-12-25-49(47)61(51)45-21-8-3-9-22-45/h1-37H. The lowest BCUT2D eigenvalue weighted by atomic mass is 9.98. The minimum atomic E-state index is 0.623. The molecular formula is C57H37N5. The minimum absolute atomic E-state index is 0.623. The van der Waals surface area contributed by atoms with Crippen molar-refractivity contribution in [1.82, 2.24) is 24.1 Å². The Balaban J connectivity index is 0.955. The molecule has 3 aromatic heterocycles. The van der Waals surface area contributed by atoms with Gasteiger partial charge in [0.15, 0.2) is 17.5 Å². The molecule has 0 atom stereocenters. The quantitative estimate of drug-likeness (QED) is 0.162. The molecular weight excluding hydrogens is 755 g/mol. The molecule has 0 N–H and O–H groups in total. The zero-order valence-electron chi connectivity index (χ0n) is 33.6. The van der Waals surface area contributed by atoms with E-state index in [4.69, 9.17) is 15.0 Å². The third-order valence-corrected chi connectivity index (χ3v) is 12.0. The zero-order chi connectivity index (χ0) is 41.0. The highest BCUT2D eigenvalue weighted by Crippen LogP contribution is 2.42. The Hall–Kier alpha value is -8.41. The molecule has 0 saturated heterocycles. The number of hydrogen-bond acceptors (Lipinski definition) is 3. The lowest BCUT2D eigenvalue weighted by Crippen LogP contribution is -2.00. The third-order valence-electron chi connectivity index (χ3n) is 12.0. The second kappa shape index (κ2) is 14.7. The molecule has 5 nitrogen and oxygen atoms in total. The largest absolute Gasteiger partial charge is 0.309 e. The first-order chi connectivity index (χ1) is 30.7. The Bertz CT molecular complexity index is 3590. The van der Waals surface area contributed by atoms with Gasteiger partial charge in [0.25, 0.3) is 0 Å². The van der Waals surface area contributed by atoms with E-state index in [1.54, 1.807) is 0 Å². The smallest absolute Gasteiger partial charge is 0.164 e. The molecule has 0 aliphatic carbocycles. The van der Waals surface area contributed by atoms with Gasteiger partial charge in [0.1, 0.15) is 0 Å². The topological polar surface area (TPSA) is 48.5 Å². The van der Waals surface area contributed by atoms with Gasteiger partial charge < -0.3 is 9.13 Å². The lowest BCUT2D eigenvalue weighted by Gasteiger charge is -2.11.